The summed E-state index contributed by atoms with van der Waals surface area (Å²) < 4.78 is 10.9. The Kier molecular flexibility index (Phi) is 11.8. The molecule has 0 bridgehead atoms. The summed E-state index contributed by atoms with van der Waals surface area (Å²) >= 11 is 0. The smallest absolute Gasteiger partial charge is 0.161 e. The highest BCUT2D eigenvalue weighted by Crippen LogP contribution is 2.33. The van der Waals surface area contributed by atoms with E-state index < -0.39 is 0 Å². The van der Waals surface area contributed by atoms with Gasteiger partial charge in [0.25, 0.3) is 0 Å². The van der Waals surface area contributed by atoms with Gasteiger partial charge in [0.05, 0.1) is 25.4 Å². The fourth-order valence-corrected chi connectivity index (χ4v) is 4.47. The lowest BCUT2D eigenvalue weighted by Crippen LogP contribution is -2.27. The third-order valence-electron chi connectivity index (χ3n) is 6.36. The summed E-state index contributed by atoms with van der Waals surface area (Å²) in [5.74, 6) is 4.15. The first-order valence-corrected chi connectivity index (χ1v) is 12.2. The summed E-state index contributed by atoms with van der Waals surface area (Å²) in [6.45, 7) is 1.61. The van der Waals surface area contributed by atoms with Crippen molar-refractivity contribution in [3.8, 4) is 22.8 Å². The molecule has 4 aromatic rings. The Morgan fingerprint density at radius 3 is 2.23 bits per heavy atom. The number of fused-ring (bicyclic) bond motifs is 1. The quantitative estimate of drug-likeness (QED) is 0.306. The highest BCUT2D eigenvalue weighted by Gasteiger charge is 2.22. The number of hydrogen-bond donors (Lipinski definition) is 1. The first-order chi connectivity index (χ1) is 17.9. The molecule has 1 fully saturated rings. The van der Waals surface area contributed by atoms with Crippen molar-refractivity contribution in [3.05, 3.63) is 60.2 Å². The molecule has 2 N–H and O–H groups in total. The van der Waals surface area contributed by atoms with Crippen LogP contribution >= 0.6 is 37.2 Å². The molecular formula is C28H34Cl3N7O2. The Labute approximate surface area is 253 Å². The minimum Gasteiger partial charge on any atom is -0.493 e. The number of para-hydroxylation sites is 1. The summed E-state index contributed by atoms with van der Waals surface area (Å²) in [5, 5.41) is 1.00. The average molecular weight is 607 g/mol. The fourth-order valence-electron chi connectivity index (χ4n) is 4.47. The Morgan fingerprint density at radius 1 is 0.875 bits per heavy atom. The van der Waals surface area contributed by atoms with Gasteiger partial charge in [0, 0.05) is 50.2 Å². The normalized spacial score (nSPS) is 14.3. The lowest BCUT2D eigenvalue weighted by atomic mass is 10.1. The van der Waals surface area contributed by atoms with E-state index in [4.69, 9.17) is 35.1 Å². The molecule has 5 rings (SSSR count). The molecule has 0 saturated carbocycles. The first kappa shape index (κ1) is 32.8. The molecule has 1 saturated heterocycles. The zero-order chi connectivity index (χ0) is 25.9. The van der Waals surface area contributed by atoms with Crippen LogP contribution in [-0.2, 0) is 0 Å². The van der Waals surface area contributed by atoms with Gasteiger partial charge in [-0.3, -0.25) is 0 Å². The molecule has 0 radical (unpaired) electrons. The maximum Gasteiger partial charge on any atom is 0.161 e. The number of hydrogen-bond acceptors (Lipinski definition) is 9. The van der Waals surface area contributed by atoms with E-state index >= 15 is 0 Å². The predicted molar refractivity (Wildman–Crippen MR) is 170 cm³/mol. The van der Waals surface area contributed by atoms with Gasteiger partial charge in [0.2, 0.25) is 0 Å². The number of benzene rings is 2. The van der Waals surface area contributed by atoms with E-state index in [2.05, 4.69) is 4.90 Å². The second-order valence-corrected chi connectivity index (χ2v) is 9.18. The summed E-state index contributed by atoms with van der Waals surface area (Å²) in [6, 6.07) is 15.9. The highest BCUT2D eigenvalue weighted by molar-refractivity contribution is 5.90. The standard InChI is InChI=1S/C28H31N7O2.3ClH/c1-34(2)28-20-7-5-6-8-21(20)30-26(33-28)12-11-25-31-22(16-27(32-25)35-14-13-19(29)17-35)18-9-10-23(36-3)24(15-18)37-4;;;/h5-12,15-16,19H,13-14,17,29H2,1-4H3;3*1H/b12-11+;;;. The van der Waals surface area contributed by atoms with Gasteiger partial charge in [-0.25, -0.2) is 19.9 Å². The lowest BCUT2D eigenvalue weighted by Gasteiger charge is -2.18. The van der Waals surface area contributed by atoms with Crippen LogP contribution in [0.15, 0.2) is 48.5 Å². The first-order valence-electron chi connectivity index (χ1n) is 12.2. The topological polar surface area (TPSA) is 103 Å². The van der Waals surface area contributed by atoms with E-state index in [-0.39, 0.29) is 43.3 Å². The van der Waals surface area contributed by atoms with E-state index in [9.17, 15) is 0 Å². The van der Waals surface area contributed by atoms with Crippen LogP contribution in [0.2, 0.25) is 0 Å². The van der Waals surface area contributed by atoms with Crippen LogP contribution in [0.3, 0.4) is 0 Å². The molecule has 40 heavy (non-hydrogen) atoms. The van der Waals surface area contributed by atoms with Crippen molar-refractivity contribution < 1.29 is 9.47 Å². The van der Waals surface area contributed by atoms with Crippen LogP contribution in [-0.4, -0.2) is 67.4 Å². The van der Waals surface area contributed by atoms with Crippen LogP contribution in [0.1, 0.15) is 18.1 Å². The monoisotopic (exact) mass is 605 g/mol. The number of aromatic nitrogens is 4. The number of rotatable bonds is 7. The van der Waals surface area contributed by atoms with Crippen LogP contribution in [0.25, 0.3) is 34.3 Å². The number of methoxy groups -OCH3 is 2. The maximum atomic E-state index is 6.19. The molecule has 1 aliphatic heterocycles. The summed E-state index contributed by atoms with van der Waals surface area (Å²) in [5.41, 5.74) is 8.75. The van der Waals surface area contributed by atoms with Crippen LogP contribution in [0, 0.1) is 0 Å². The molecule has 1 atom stereocenters. The Morgan fingerprint density at radius 2 is 1.57 bits per heavy atom. The Balaban J connectivity index is 0.00000187. The predicted octanol–water partition coefficient (Wildman–Crippen LogP) is 5.14. The van der Waals surface area contributed by atoms with Gasteiger partial charge in [-0.15, -0.1) is 37.2 Å². The maximum absolute atomic E-state index is 6.19. The second-order valence-electron chi connectivity index (χ2n) is 9.18. The number of nitrogens with two attached hydrogens (primary N) is 1. The van der Waals surface area contributed by atoms with Gasteiger partial charge in [-0.1, -0.05) is 12.1 Å². The van der Waals surface area contributed by atoms with Gasteiger partial charge in [-0.05, 0) is 48.9 Å². The van der Waals surface area contributed by atoms with Crippen LogP contribution in [0.4, 0.5) is 11.6 Å². The molecule has 9 nitrogen and oxygen atoms in total. The van der Waals surface area contributed by atoms with Crippen LogP contribution < -0.4 is 25.0 Å². The molecule has 214 valence electrons. The fraction of sp³-hybridized carbons (Fsp3) is 0.286. The van der Waals surface area contributed by atoms with Crippen molar-refractivity contribution >= 4 is 71.9 Å². The molecule has 0 amide bonds. The number of halogens is 3. The van der Waals surface area contributed by atoms with E-state index in [1.54, 1.807) is 14.2 Å². The molecule has 2 aromatic heterocycles. The highest BCUT2D eigenvalue weighted by atomic mass is 35.5. The van der Waals surface area contributed by atoms with E-state index in [1.807, 2.05) is 79.7 Å². The van der Waals surface area contributed by atoms with Gasteiger partial charge in [0.1, 0.15) is 11.6 Å². The number of anilines is 2. The molecular weight excluding hydrogens is 573 g/mol. The van der Waals surface area contributed by atoms with Gasteiger partial charge < -0.3 is 25.0 Å². The zero-order valence-electron chi connectivity index (χ0n) is 22.8. The summed E-state index contributed by atoms with van der Waals surface area (Å²) in [4.78, 5) is 23.4. The average Bonchev–Trinajstić information content (AvgIpc) is 3.37. The van der Waals surface area contributed by atoms with Crippen molar-refractivity contribution in [2.45, 2.75) is 12.5 Å². The molecule has 2 aromatic carbocycles. The molecule has 0 spiro atoms. The Hall–Kier alpha value is -3.37. The lowest BCUT2D eigenvalue weighted by molar-refractivity contribution is 0.355. The third-order valence-corrected chi connectivity index (χ3v) is 6.36. The van der Waals surface area contributed by atoms with Gasteiger partial charge >= 0.3 is 0 Å². The SMILES string of the molecule is COc1ccc(-c2cc(N3CCC(N)C3)nc(/C=C/c3nc(N(C)C)c4ccccc4n3)n2)cc1OC.Cl.Cl.Cl. The Bertz CT molecular complexity index is 1470. The molecule has 12 heteroatoms. The van der Waals surface area contributed by atoms with Gasteiger partial charge in [0.15, 0.2) is 23.1 Å². The van der Waals surface area contributed by atoms with Crippen molar-refractivity contribution in [3.63, 3.8) is 0 Å². The molecule has 3 heterocycles. The summed E-state index contributed by atoms with van der Waals surface area (Å²) in [7, 11) is 7.20. The van der Waals surface area contributed by atoms with E-state index in [1.165, 1.54) is 0 Å². The molecule has 1 aliphatic rings. The molecule has 1 unspecified atom stereocenters. The third kappa shape index (κ3) is 7.03. The van der Waals surface area contributed by atoms with Crippen molar-refractivity contribution in [1.82, 2.24) is 19.9 Å². The van der Waals surface area contributed by atoms with Gasteiger partial charge in [-0.2, -0.15) is 0 Å². The van der Waals surface area contributed by atoms with E-state index in [0.29, 0.717) is 23.1 Å². The summed E-state index contributed by atoms with van der Waals surface area (Å²) in [6.07, 6.45) is 4.64. The van der Waals surface area contributed by atoms with Crippen molar-refractivity contribution in [1.29, 1.82) is 0 Å². The largest absolute Gasteiger partial charge is 0.493 e. The minimum absolute atomic E-state index is 0. The molecule has 0 aliphatic carbocycles. The van der Waals surface area contributed by atoms with Crippen molar-refractivity contribution in [2.75, 3.05) is 51.2 Å². The number of nitrogens with zero attached hydrogens (tertiary/aromatic N) is 6. The van der Waals surface area contributed by atoms with Crippen LogP contribution in [0.5, 0.6) is 11.5 Å². The minimum atomic E-state index is 0. The second kappa shape index (κ2) is 14.3. The number of ether oxygens (including phenoxy) is 2. The van der Waals surface area contributed by atoms with Crippen molar-refractivity contribution in [2.24, 2.45) is 5.73 Å². The zero-order valence-corrected chi connectivity index (χ0v) is 25.2. The van der Waals surface area contributed by atoms with E-state index in [0.717, 1.165) is 53.3 Å².